The van der Waals surface area contributed by atoms with Crippen molar-refractivity contribution in [1.29, 1.82) is 5.41 Å². The number of anilines is 1. The second-order valence-corrected chi connectivity index (χ2v) is 9.91. The van der Waals surface area contributed by atoms with Gasteiger partial charge in [0.2, 0.25) is 0 Å². The van der Waals surface area contributed by atoms with Gasteiger partial charge in [-0.3, -0.25) is 4.79 Å². The van der Waals surface area contributed by atoms with Crippen molar-refractivity contribution >= 4 is 54.9 Å². The van der Waals surface area contributed by atoms with Crippen molar-refractivity contribution in [2.24, 2.45) is 16.1 Å². The van der Waals surface area contributed by atoms with E-state index in [0.717, 1.165) is 11.0 Å². The molecule has 0 aliphatic rings. The second-order valence-electron chi connectivity index (χ2n) is 8.27. The first kappa shape index (κ1) is 27.9. The Morgan fingerprint density at radius 3 is 2.59 bits per heavy atom. The van der Waals surface area contributed by atoms with E-state index in [4.69, 9.17) is 15.7 Å². The number of aliphatic hydroxyl groups excluding tert-OH is 1. The van der Waals surface area contributed by atoms with Crippen molar-refractivity contribution < 1.29 is 14.4 Å². The minimum absolute atomic E-state index is 0.0410. The molecular weight excluding hydrogens is 445 g/mol. The molecule has 0 fully saturated rings. The van der Waals surface area contributed by atoms with E-state index in [1.807, 2.05) is 53.0 Å². The first-order valence-electron chi connectivity index (χ1n) is 10.5. The van der Waals surface area contributed by atoms with Crippen LogP contribution in [0, 0.1) is 10.8 Å². The highest BCUT2D eigenvalue weighted by Gasteiger charge is 2.24. The zero-order valence-corrected chi connectivity index (χ0v) is 21.6. The highest BCUT2D eigenvalue weighted by molar-refractivity contribution is 7.99. The van der Waals surface area contributed by atoms with Crippen LogP contribution in [0.5, 0.6) is 0 Å². The molecule has 32 heavy (non-hydrogen) atoms. The topological polar surface area (TPSA) is 133 Å². The van der Waals surface area contributed by atoms with Gasteiger partial charge in [-0.25, -0.2) is 4.99 Å². The number of benzene rings is 1. The standard InChI is InChI=1S/C22H36N5O3PS/c1-7-9-15(23)19(28)18(21(29)25-13-22(3,4)5)20(24)26-16-11-10-14(27-32-6)12-17(16)31-30-8-2/h10-12,23,27-28,31H,7-9,13H2,1-6H3,(H2,24,26)(H,25,29)/b19-18+,23-15?. The number of nitrogens with one attached hydrogen (secondary N) is 3. The Morgan fingerprint density at radius 2 is 2.03 bits per heavy atom. The molecule has 1 atom stereocenters. The average molecular weight is 482 g/mol. The van der Waals surface area contributed by atoms with Gasteiger partial charge in [0.15, 0.2) is 5.76 Å². The van der Waals surface area contributed by atoms with Gasteiger partial charge in [0, 0.05) is 39.2 Å². The van der Waals surface area contributed by atoms with Gasteiger partial charge in [-0.1, -0.05) is 46.1 Å². The molecule has 1 amide bonds. The number of nitrogens with zero attached hydrogens (tertiary/aromatic N) is 1. The number of aliphatic imine (C=N–C) groups is 1. The number of allylic oxidation sites excluding steroid dienone is 1. The lowest BCUT2D eigenvalue weighted by molar-refractivity contribution is -0.117. The number of aliphatic hydroxyl groups is 1. The van der Waals surface area contributed by atoms with Gasteiger partial charge in [0.25, 0.3) is 5.91 Å². The van der Waals surface area contributed by atoms with Crippen LogP contribution in [0.4, 0.5) is 11.4 Å². The predicted octanol–water partition coefficient (Wildman–Crippen LogP) is 4.41. The lowest BCUT2D eigenvalue weighted by Gasteiger charge is -2.20. The largest absolute Gasteiger partial charge is 0.505 e. The predicted molar refractivity (Wildman–Crippen MR) is 139 cm³/mol. The highest BCUT2D eigenvalue weighted by atomic mass is 32.2. The number of nitrogens with two attached hydrogens (primary N) is 1. The van der Waals surface area contributed by atoms with Crippen LogP contribution < -0.4 is 21.1 Å². The number of carbonyl (C=O) groups is 1. The molecule has 8 nitrogen and oxygen atoms in total. The van der Waals surface area contributed by atoms with E-state index in [-0.39, 0.29) is 31.3 Å². The Bertz CT molecular complexity index is 866. The zero-order chi connectivity index (χ0) is 24.3. The van der Waals surface area contributed by atoms with Crippen LogP contribution in [0.2, 0.25) is 0 Å². The summed E-state index contributed by atoms with van der Waals surface area (Å²) in [6, 6.07) is 5.55. The normalized spacial score (nSPS) is 13.2. The lowest BCUT2D eigenvalue weighted by Crippen LogP contribution is -2.38. The van der Waals surface area contributed by atoms with E-state index < -0.39 is 11.7 Å². The summed E-state index contributed by atoms with van der Waals surface area (Å²) in [5.74, 6) is -1.16. The van der Waals surface area contributed by atoms with Gasteiger partial charge in [-0.05, 0) is 37.0 Å². The monoisotopic (exact) mass is 481 g/mol. The van der Waals surface area contributed by atoms with E-state index in [1.165, 1.54) is 11.9 Å². The molecule has 1 aromatic rings. The summed E-state index contributed by atoms with van der Waals surface area (Å²) in [5.41, 5.74) is 7.26. The maximum atomic E-state index is 12.9. The van der Waals surface area contributed by atoms with Crippen molar-refractivity contribution in [2.45, 2.75) is 47.5 Å². The fourth-order valence-electron chi connectivity index (χ4n) is 2.53. The molecule has 0 radical (unpaired) electrons. The highest BCUT2D eigenvalue weighted by Crippen LogP contribution is 2.26. The Hall–Kier alpha value is -2.09. The molecule has 0 saturated heterocycles. The third kappa shape index (κ3) is 9.18. The van der Waals surface area contributed by atoms with Gasteiger partial charge in [0.1, 0.15) is 11.4 Å². The fraction of sp³-hybridized carbons (Fsp3) is 0.500. The van der Waals surface area contributed by atoms with Crippen LogP contribution in [0.15, 0.2) is 34.5 Å². The molecular formula is C22H36N5O3PS. The summed E-state index contributed by atoms with van der Waals surface area (Å²) in [4.78, 5) is 17.4. The second kappa shape index (κ2) is 13.5. The van der Waals surface area contributed by atoms with Crippen LogP contribution in [0.25, 0.3) is 0 Å². The van der Waals surface area contributed by atoms with Gasteiger partial charge < -0.3 is 30.8 Å². The fourth-order valence-corrected chi connectivity index (χ4v) is 3.65. The SMILES string of the molecule is CCCC(=N)/C(O)=C(\C(=O)NCC(C)(C)C)C(N)=Nc1ccc(NSC)cc1POCC. The van der Waals surface area contributed by atoms with Crippen LogP contribution in [0.1, 0.15) is 47.5 Å². The van der Waals surface area contributed by atoms with Gasteiger partial charge in [-0.2, -0.15) is 0 Å². The van der Waals surface area contributed by atoms with Crippen molar-refractivity contribution in [3.63, 3.8) is 0 Å². The van der Waals surface area contributed by atoms with E-state index >= 15 is 0 Å². The molecule has 178 valence electrons. The van der Waals surface area contributed by atoms with Crippen LogP contribution in [-0.2, 0) is 9.32 Å². The molecule has 1 unspecified atom stereocenters. The van der Waals surface area contributed by atoms with E-state index in [2.05, 4.69) is 15.0 Å². The maximum absolute atomic E-state index is 12.9. The Morgan fingerprint density at radius 1 is 1.34 bits per heavy atom. The summed E-state index contributed by atoms with van der Waals surface area (Å²) in [5, 5.41) is 22.4. The molecule has 0 aromatic heterocycles. The molecule has 0 aliphatic carbocycles. The number of hydrogen-bond donors (Lipinski definition) is 5. The van der Waals surface area contributed by atoms with Gasteiger partial charge >= 0.3 is 0 Å². The minimum Gasteiger partial charge on any atom is -0.505 e. The van der Waals surface area contributed by atoms with Crippen molar-refractivity contribution in [2.75, 3.05) is 24.1 Å². The number of amidine groups is 1. The third-order valence-corrected chi connectivity index (χ3v) is 5.56. The molecule has 0 saturated carbocycles. The minimum atomic E-state index is -0.561. The van der Waals surface area contributed by atoms with Crippen molar-refractivity contribution in [3.8, 4) is 0 Å². The van der Waals surface area contributed by atoms with Crippen molar-refractivity contribution in [1.82, 2.24) is 5.32 Å². The Kier molecular flexibility index (Phi) is 11.8. The molecule has 0 bridgehead atoms. The number of amides is 1. The summed E-state index contributed by atoms with van der Waals surface area (Å²) in [7, 11) is 0.0410. The summed E-state index contributed by atoms with van der Waals surface area (Å²) in [6.45, 7) is 10.7. The smallest absolute Gasteiger partial charge is 0.258 e. The first-order chi connectivity index (χ1) is 15.0. The number of carbonyl (C=O) groups excluding carboxylic acids is 1. The zero-order valence-electron chi connectivity index (χ0n) is 19.8. The third-order valence-electron chi connectivity index (χ3n) is 4.07. The Balaban J connectivity index is 3.45. The quantitative estimate of drug-likeness (QED) is 0.0750. The number of rotatable bonds is 12. The molecule has 10 heteroatoms. The van der Waals surface area contributed by atoms with Gasteiger partial charge in [0.05, 0.1) is 11.4 Å². The number of hydrogen-bond acceptors (Lipinski definition) is 7. The molecule has 0 spiro atoms. The van der Waals surface area contributed by atoms with Gasteiger partial charge in [-0.15, -0.1) is 0 Å². The van der Waals surface area contributed by atoms with Crippen molar-refractivity contribution in [3.05, 3.63) is 29.5 Å². The molecule has 0 heterocycles. The first-order valence-corrected chi connectivity index (χ1v) is 12.6. The summed E-state index contributed by atoms with van der Waals surface area (Å²) < 4.78 is 8.75. The van der Waals surface area contributed by atoms with E-state index in [0.29, 0.717) is 31.7 Å². The molecule has 0 aliphatic heterocycles. The lowest BCUT2D eigenvalue weighted by atomic mass is 9.96. The maximum Gasteiger partial charge on any atom is 0.258 e. The Labute approximate surface area is 197 Å². The average Bonchev–Trinajstić information content (AvgIpc) is 2.72. The van der Waals surface area contributed by atoms with E-state index in [9.17, 15) is 9.90 Å². The summed E-state index contributed by atoms with van der Waals surface area (Å²) in [6.07, 6.45) is 2.90. The molecule has 1 rings (SSSR count). The molecule has 1 aromatic carbocycles. The van der Waals surface area contributed by atoms with Crippen LogP contribution >= 0.6 is 20.8 Å². The van der Waals surface area contributed by atoms with Crippen LogP contribution in [0.3, 0.4) is 0 Å². The molecule has 6 N–H and O–H groups in total. The van der Waals surface area contributed by atoms with E-state index in [1.54, 1.807) is 6.07 Å². The summed E-state index contributed by atoms with van der Waals surface area (Å²) >= 11 is 1.47. The van der Waals surface area contributed by atoms with Crippen LogP contribution in [-0.4, -0.2) is 42.0 Å².